The molecule has 2 N–H and O–H groups in total. The fourth-order valence-electron chi connectivity index (χ4n) is 1.73. The van der Waals surface area contributed by atoms with Crippen molar-refractivity contribution in [2.24, 2.45) is 5.92 Å². The van der Waals surface area contributed by atoms with E-state index in [1.807, 2.05) is 0 Å². The number of nitrogens with one attached hydrogen (secondary N) is 2. The zero-order chi connectivity index (χ0) is 10.4. The molecule has 1 unspecified atom stereocenters. The van der Waals surface area contributed by atoms with E-state index in [-0.39, 0.29) is 24.2 Å². The van der Waals surface area contributed by atoms with Gasteiger partial charge in [-0.15, -0.1) is 12.4 Å². The molecular weight excluding hydrogens is 232 g/mol. The van der Waals surface area contributed by atoms with Crippen molar-refractivity contribution >= 4 is 30.1 Å². The molecule has 0 aliphatic carbocycles. The molecule has 0 aromatic carbocycles. The Morgan fingerprint density at radius 3 is 2.93 bits per heavy atom. The van der Waals surface area contributed by atoms with E-state index in [1.54, 1.807) is 11.8 Å². The van der Waals surface area contributed by atoms with Gasteiger partial charge in [0.25, 0.3) is 0 Å². The van der Waals surface area contributed by atoms with Gasteiger partial charge >= 0.3 is 0 Å². The van der Waals surface area contributed by atoms with Crippen LogP contribution in [-0.2, 0) is 4.79 Å². The fourth-order valence-corrected chi connectivity index (χ4v) is 2.31. The minimum Gasteiger partial charge on any atom is -0.353 e. The first-order chi connectivity index (χ1) is 6.74. The summed E-state index contributed by atoms with van der Waals surface area (Å²) in [6.45, 7) is 3.96. The first kappa shape index (κ1) is 15.1. The average molecular weight is 253 g/mol. The van der Waals surface area contributed by atoms with E-state index < -0.39 is 0 Å². The molecule has 3 nitrogen and oxygen atoms in total. The van der Waals surface area contributed by atoms with E-state index in [4.69, 9.17) is 0 Å². The molecule has 1 rings (SSSR count). The Hall–Kier alpha value is 0.0700. The van der Waals surface area contributed by atoms with Crippen molar-refractivity contribution in [3.05, 3.63) is 0 Å². The van der Waals surface area contributed by atoms with Crippen LogP contribution >= 0.6 is 24.2 Å². The Morgan fingerprint density at radius 1 is 1.67 bits per heavy atom. The molecule has 15 heavy (non-hydrogen) atoms. The zero-order valence-corrected chi connectivity index (χ0v) is 11.0. The maximum Gasteiger partial charge on any atom is 0.224 e. The van der Waals surface area contributed by atoms with E-state index in [9.17, 15) is 4.79 Å². The van der Waals surface area contributed by atoms with Crippen LogP contribution in [0.5, 0.6) is 0 Å². The van der Waals surface area contributed by atoms with Gasteiger partial charge in [0, 0.05) is 18.3 Å². The second-order valence-electron chi connectivity index (χ2n) is 3.91. The number of carbonyl (C=O) groups excluding carboxylic acids is 1. The normalized spacial score (nSPS) is 22.7. The van der Waals surface area contributed by atoms with Crippen molar-refractivity contribution in [1.82, 2.24) is 10.6 Å². The lowest BCUT2D eigenvalue weighted by Crippen LogP contribution is -2.44. The highest BCUT2D eigenvalue weighted by Crippen LogP contribution is 2.10. The summed E-state index contributed by atoms with van der Waals surface area (Å²) < 4.78 is 0. The largest absolute Gasteiger partial charge is 0.353 e. The third-order valence-electron chi connectivity index (χ3n) is 2.47. The summed E-state index contributed by atoms with van der Waals surface area (Å²) in [5.41, 5.74) is 0. The Bertz CT molecular complexity index is 186. The Kier molecular flexibility index (Phi) is 8.29. The summed E-state index contributed by atoms with van der Waals surface area (Å²) in [6.07, 6.45) is 4.21. The van der Waals surface area contributed by atoms with Crippen LogP contribution in [-0.4, -0.2) is 37.0 Å². The molecule has 1 heterocycles. The molecule has 1 aliphatic rings. The molecule has 0 bridgehead atoms. The topological polar surface area (TPSA) is 41.1 Å². The lowest BCUT2D eigenvalue weighted by Gasteiger charge is -2.23. The van der Waals surface area contributed by atoms with Gasteiger partial charge in [-0.05, 0) is 32.6 Å². The highest BCUT2D eigenvalue weighted by molar-refractivity contribution is 7.98. The minimum atomic E-state index is 0. The van der Waals surface area contributed by atoms with Gasteiger partial charge in [0.1, 0.15) is 0 Å². The highest BCUT2D eigenvalue weighted by atomic mass is 35.5. The summed E-state index contributed by atoms with van der Waals surface area (Å²) in [6, 6.07) is 0.291. The van der Waals surface area contributed by atoms with Crippen molar-refractivity contribution in [2.45, 2.75) is 25.8 Å². The van der Waals surface area contributed by atoms with Crippen molar-refractivity contribution in [1.29, 1.82) is 0 Å². The van der Waals surface area contributed by atoms with Crippen molar-refractivity contribution in [2.75, 3.05) is 25.1 Å². The third kappa shape index (κ3) is 5.64. The first-order valence-corrected chi connectivity index (χ1v) is 6.63. The molecule has 0 spiro atoms. The van der Waals surface area contributed by atoms with Gasteiger partial charge in [0.05, 0.1) is 5.92 Å². The number of piperidine rings is 1. The maximum absolute atomic E-state index is 11.7. The van der Waals surface area contributed by atoms with Crippen LogP contribution in [0, 0.1) is 5.92 Å². The minimum absolute atomic E-state index is 0. The van der Waals surface area contributed by atoms with Gasteiger partial charge in [-0.1, -0.05) is 0 Å². The van der Waals surface area contributed by atoms with Crippen molar-refractivity contribution in [3.8, 4) is 0 Å². The Balaban J connectivity index is 0.00000196. The zero-order valence-electron chi connectivity index (χ0n) is 9.41. The second-order valence-corrected chi connectivity index (χ2v) is 4.82. The lowest BCUT2D eigenvalue weighted by molar-refractivity contribution is -0.125. The van der Waals surface area contributed by atoms with Crippen LogP contribution in [0.15, 0.2) is 0 Å². The molecule has 1 aliphatic heterocycles. The molecule has 2 atom stereocenters. The van der Waals surface area contributed by atoms with E-state index in [0.717, 1.165) is 31.7 Å². The van der Waals surface area contributed by atoms with Crippen LogP contribution in [0.1, 0.15) is 19.8 Å². The number of rotatable bonds is 4. The standard InChI is InChI=1S/C10H20N2OS.ClH/c1-8(7-14-2)12-10(13)9-4-3-5-11-6-9;/h8-9,11H,3-7H2,1-2H3,(H,12,13);1H/t8?,9-;/m1./s1. The maximum atomic E-state index is 11.7. The predicted octanol–water partition coefficient (Wildman–Crippen LogP) is 1.28. The summed E-state index contributed by atoms with van der Waals surface area (Å²) in [5, 5.41) is 6.31. The number of amides is 1. The van der Waals surface area contributed by atoms with E-state index in [2.05, 4.69) is 23.8 Å². The molecule has 1 fully saturated rings. The van der Waals surface area contributed by atoms with Crippen molar-refractivity contribution in [3.63, 3.8) is 0 Å². The summed E-state index contributed by atoms with van der Waals surface area (Å²) >= 11 is 1.77. The third-order valence-corrected chi connectivity index (χ3v) is 3.31. The quantitative estimate of drug-likeness (QED) is 0.792. The van der Waals surface area contributed by atoms with Gasteiger partial charge < -0.3 is 10.6 Å². The number of carbonyl (C=O) groups is 1. The Labute approximate surface area is 103 Å². The SMILES string of the molecule is CSCC(C)NC(=O)[C@@H]1CCCNC1.Cl. The van der Waals surface area contributed by atoms with Crippen LogP contribution < -0.4 is 10.6 Å². The molecule has 1 amide bonds. The van der Waals surface area contributed by atoms with Crippen LogP contribution in [0.25, 0.3) is 0 Å². The molecule has 90 valence electrons. The van der Waals surface area contributed by atoms with E-state index >= 15 is 0 Å². The van der Waals surface area contributed by atoms with Gasteiger partial charge in [-0.25, -0.2) is 0 Å². The van der Waals surface area contributed by atoms with Crippen LogP contribution in [0.3, 0.4) is 0 Å². The highest BCUT2D eigenvalue weighted by Gasteiger charge is 2.21. The second kappa shape index (κ2) is 8.25. The van der Waals surface area contributed by atoms with Crippen molar-refractivity contribution < 1.29 is 4.79 Å². The average Bonchev–Trinajstić information content (AvgIpc) is 2.19. The van der Waals surface area contributed by atoms with E-state index in [1.165, 1.54) is 0 Å². The van der Waals surface area contributed by atoms with Crippen LogP contribution in [0.2, 0.25) is 0 Å². The molecule has 0 aromatic heterocycles. The fraction of sp³-hybridized carbons (Fsp3) is 0.900. The smallest absolute Gasteiger partial charge is 0.224 e. The summed E-state index contributed by atoms with van der Waals surface area (Å²) in [4.78, 5) is 11.7. The van der Waals surface area contributed by atoms with Gasteiger partial charge in [0.2, 0.25) is 5.91 Å². The lowest BCUT2D eigenvalue weighted by atomic mass is 9.98. The number of thioether (sulfide) groups is 1. The summed E-state index contributed by atoms with van der Waals surface area (Å²) in [5.74, 6) is 1.40. The summed E-state index contributed by atoms with van der Waals surface area (Å²) in [7, 11) is 0. The number of hydrogen-bond donors (Lipinski definition) is 2. The molecule has 5 heteroatoms. The van der Waals surface area contributed by atoms with E-state index in [0.29, 0.717) is 6.04 Å². The number of halogens is 1. The molecule has 1 saturated heterocycles. The monoisotopic (exact) mass is 252 g/mol. The number of hydrogen-bond acceptors (Lipinski definition) is 3. The van der Waals surface area contributed by atoms with Gasteiger partial charge in [-0.2, -0.15) is 11.8 Å². The van der Waals surface area contributed by atoms with Crippen LogP contribution in [0.4, 0.5) is 0 Å². The molecular formula is C10H21ClN2OS. The van der Waals surface area contributed by atoms with Gasteiger partial charge in [0.15, 0.2) is 0 Å². The molecule has 0 aromatic rings. The predicted molar refractivity (Wildman–Crippen MR) is 68.8 cm³/mol. The molecule has 0 radical (unpaired) electrons. The first-order valence-electron chi connectivity index (χ1n) is 5.24. The molecule has 0 saturated carbocycles. The Morgan fingerprint density at radius 2 is 2.40 bits per heavy atom. The van der Waals surface area contributed by atoms with Gasteiger partial charge in [-0.3, -0.25) is 4.79 Å².